The molecule has 130 valence electrons. The fourth-order valence-corrected chi connectivity index (χ4v) is 4.26. The molecule has 1 aliphatic heterocycles. The Bertz CT molecular complexity index is 960. The molecule has 7 nitrogen and oxygen atoms in total. The summed E-state index contributed by atoms with van der Waals surface area (Å²) in [5.41, 5.74) is 2.04. The lowest BCUT2D eigenvalue weighted by Crippen LogP contribution is -2.28. The molecule has 0 saturated carbocycles. The Morgan fingerprint density at radius 1 is 1.36 bits per heavy atom. The van der Waals surface area contributed by atoms with E-state index in [0.29, 0.717) is 11.5 Å². The van der Waals surface area contributed by atoms with Gasteiger partial charge in [0.05, 0.1) is 17.6 Å². The number of nitriles is 1. The summed E-state index contributed by atoms with van der Waals surface area (Å²) in [6, 6.07) is 9.53. The predicted molar refractivity (Wildman–Crippen MR) is 93.1 cm³/mol. The summed E-state index contributed by atoms with van der Waals surface area (Å²) in [6.45, 7) is 2.13. The Morgan fingerprint density at radius 3 is 2.64 bits per heavy atom. The molecular weight excluding hydrogens is 364 g/mol. The van der Waals surface area contributed by atoms with Gasteiger partial charge in [-0.1, -0.05) is 17.7 Å². The van der Waals surface area contributed by atoms with Crippen molar-refractivity contribution in [2.24, 2.45) is 5.92 Å². The van der Waals surface area contributed by atoms with E-state index in [-0.39, 0.29) is 30.2 Å². The zero-order valence-corrected chi connectivity index (χ0v) is 15.0. The minimum atomic E-state index is -3.70. The third kappa shape index (κ3) is 3.67. The van der Waals surface area contributed by atoms with E-state index in [2.05, 4.69) is 5.10 Å². The van der Waals surface area contributed by atoms with Crippen molar-refractivity contribution in [2.75, 3.05) is 17.2 Å². The maximum absolute atomic E-state index is 12.4. The van der Waals surface area contributed by atoms with Crippen LogP contribution in [0.1, 0.15) is 17.5 Å². The van der Waals surface area contributed by atoms with Crippen molar-refractivity contribution in [3.05, 3.63) is 41.6 Å². The average Bonchev–Trinajstić information content (AvgIpc) is 3.09. The number of anilines is 1. The summed E-state index contributed by atoms with van der Waals surface area (Å²) < 4.78 is 24.1. The van der Waals surface area contributed by atoms with Crippen LogP contribution in [0.3, 0.4) is 0 Å². The fourth-order valence-electron chi connectivity index (χ4n) is 2.93. The van der Waals surface area contributed by atoms with Crippen LogP contribution in [0.5, 0.6) is 0 Å². The number of nitrogens with zero attached hydrogens (tertiary/aromatic N) is 4. The topological polar surface area (TPSA) is 96.1 Å². The minimum absolute atomic E-state index is 0.0654. The van der Waals surface area contributed by atoms with Crippen LogP contribution in [0.15, 0.2) is 30.5 Å². The van der Waals surface area contributed by atoms with Crippen LogP contribution in [-0.2, 0) is 13.8 Å². The molecule has 0 radical (unpaired) electrons. The van der Waals surface area contributed by atoms with Gasteiger partial charge in [0.15, 0.2) is 5.82 Å². The van der Waals surface area contributed by atoms with E-state index < -0.39 is 15.0 Å². The van der Waals surface area contributed by atoms with Crippen LogP contribution in [0.2, 0.25) is 0 Å². The number of hydrogen-bond acceptors (Lipinski definition) is 5. The third-order valence-corrected chi connectivity index (χ3v) is 5.29. The maximum Gasteiger partial charge on any atom is 0.232 e. The van der Waals surface area contributed by atoms with Crippen molar-refractivity contribution >= 4 is 31.5 Å². The fraction of sp³-hybridized carbons (Fsp3) is 0.312. The van der Waals surface area contributed by atoms with Gasteiger partial charge in [0.2, 0.25) is 15.0 Å². The molecule has 9 heteroatoms. The Kier molecular flexibility index (Phi) is 4.54. The molecule has 1 atom stereocenters. The Hall–Kier alpha value is -2.37. The first-order valence-electron chi connectivity index (χ1n) is 7.56. The van der Waals surface area contributed by atoms with Gasteiger partial charge in [0.25, 0.3) is 0 Å². The highest BCUT2D eigenvalue weighted by Gasteiger charge is 2.36. The van der Waals surface area contributed by atoms with Crippen LogP contribution in [-0.4, -0.2) is 36.4 Å². The first-order chi connectivity index (χ1) is 11.8. The minimum Gasteiger partial charge on any atom is -0.295 e. The Balaban J connectivity index is 1.99. The van der Waals surface area contributed by atoms with E-state index in [1.54, 1.807) is 0 Å². The van der Waals surface area contributed by atoms with Gasteiger partial charge < -0.3 is 0 Å². The normalized spacial score (nSPS) is 17.7. The number of carbonyl (C=O) groups is 1. The lowest BCUT2D eigenvalue weighted by Gasteiger charge is -2.18. The third-order valence-electron chi connectivity index (χ3n) is 4.04. The molecule has 1 aromatic heterocycles. The van der Waals surface area contributed by atoms with Gasteiger partial charge in [0.1, 0.15) is 11.6 Å². The molecule has 1 aliphatic rings. The van der Waals surface area contributed by atoms with E-state index in [1.165, 1.54) is 15.8 Å². The van der Waals surface area contributed by atoms with Crippen LogP contribution >= 0.6 is 10.7 Å². The van der Waals surface area contributed by atoms with Gasteiger partial charge in [-0.25, -0.2) is 13.1 Å². The second kappa shape index (κ2) is 6.50. The van der Waals surface area contributed by atoms with Crippen LogP contribution in [0.4, 0.5) is 5.82 Å². The standard InChI is InChI=1S/C16H15ClN4O3S/c1-11-2-4-14(5-3-11)21-16(13(7-18)8-19-21)20-9-12(6-15(20)22)10-25(17,23)24/h2-5,8,12H,6,9-10H2,1H3. The predicted octanol–water partition coefficient (Wildman–Crippen LogP) is 1.97. The monoisotopic (exact) mass is 378 g/mol. The van der Waals surface area contributed by atoms with E-state index in [0.717, 1.165) is 5.56 Å². The molecule has 0 bridgehead atoms. The molecular formula is C16H15ClN4O3S. The number of benzene rings is 1. The smallest absolute Gasteiger partial charge is 0.232 e. The second-order valence-electron chi connectivity index (χ2n) is 6.02. The molecule has 0 spiro atoms. The zero-order chi connectivity index (χ0) is 18.2. The van der Waals surface area contributed by atoms with E-state index in [9.17, 15) is 18.5 Å². The zero-order valence-electron chi connectivity index (χ0n) is 13.4. The van der Waals surface area contributed by atoms with Crippen LogP contribution in [0, 0.1) is 24.2 Å². The van der Waals surface area contributed by atoms with Gasteiger partial charge in [0, 0.05) is 29.6 Å². The number of aromatic nitrogens is 2. The first kappa shape index (κ1) is 17.5. The molecule has 2 heterocycles. The van der Waals surface area contributed by atoms with Gasteiger partial charge in [-0.05, 0) is 19.1 Å². The summed E-state index contributed by atoms with van der Waals surface area (Å²) in [6.07, 6.45) is 1.46. The van der Waals surface area contributed by atoms with E-state index >= 15 is 0 Å². The van der Waals surface area contributed by atoms with Crippen LogP contribution < -0.4 is 4.90 Å². The molecule has 25 heavy (non-hydrogen) atoms. The summed E-state index contributed by atoms with van der Waals surface area (Å²) in [5, 5.41) is 13.6. The number of hydrogen-bond donors (Lipinski definition) is 0. The largest absolute Gasteiger partial charge is 0.295 e. The average molecular weight is 379 g/mol. The van der Waals surface area contributed by atoms with Crippen molar-refractivity contribution in [3.63, 3.8) is 0 Å². The quantitative estimate of drug-likeness (QED) is 0.758. The molecule has 1 unspecified atom stereocenters. The number of amides is 1. The Morgan fingerprint density at radius 2 is 2.04 bits per heavy atom. The second-order valence-corrected chi connectivity index (χ2v) is 8.84. The van der Waals surface area contributed by atoms with Crippen molar-refractivity contribution in [1.82, 2.24) is 9.78 Å². The highest BCUT2D eigenvalue weighted by molar-refractivity contribution is 8.13. The van der Waals surface area contributed by atoms with Gasteiger partial charge in [-0.3, -0.25) is 9.69 Å². The molecule has 0 N–H and O–H groups in total. The summed E-state index contributed by atoms with van der Waals surface area (Å²) in [5.74, 6) is -0.596. The van der Waals surface area contributed by atoms with Crippen LogP contribution in [0.25, 0.3) is 5.69 Å². The summed E-state index contributed by atoms with van der Waals surface area (Å²) in [4.78, 5) is 13.8. The van der Waals surface area contributed by atoms with Crippen molar-refractivity contribution in [3.8, 4) is 11.8 Å². The molecule has 1 aromatic carbocycles. The highest BCUT2D eigenvalue weighted by Crippen LogP contribution is 2.31. The molecule has 3 rings (SSSR count). The highest BCUT2D eigenvalue weighted by atomic mass is 35.7. The summed E-state index contributed by atoms with van der Waals surface area (Å²) in [7, 11) is 1.61. The molecule has 0 aliphatic carbocycles. The maximum atomic E-state index is 12.4. The molecule has 2 aromatic rings. The van der Waals surface area contributed by atoms with Gasteiger partial charge in [-0.15, -0.1) is 0 Å². The van der Waals surface area contributed by atoms with Gasteiger partial charge >= 0.3 is 0 Å². The summed E-state index contributed by atoms with van der Waals surface area (Å²) >= 11 is 0. The first-order valence-corrected chi connectivity index (χ1v) is 10.0. The number of rotatable bonds is 4. The number of halogens is 1. The molecule has 1 amide bonds. The molecule has 1 fully saturated rings. The SMILES string of the molecule is Cc1ccc(-n2ncc(C#N)c2N2CC(CS(=O)(=O)Cl)CC2=O)cc1. The van der Waals surface area contributed by atoms with E-state index in [1.807, 2.05) is 37.3 Å². The lowest BCUT2D eigenvalue weighted by atomic mass is 10.1. The van der Waals surface area contributed by atoms with Crippen molar-refractivity contribution < 1.29 is 13.2 Å². The number of carbonyl (C=O) groups excluding carboxylic acids is 1. The van der Waals surface area contributed by atoms with E-state index in [4.69, 9.17) is 10.7 Å². The van der Waals surface area contributed by atoms with Crippen molar-refractivity contribution in [1.29, 1.82) is 5.26 Å². The molecule has 1 saturated heterocycles. The number of aryl methyl sites for hydroxylation is 1. The van der Waals surface area contributed by atoms with Crippen molar-refractivity contribution in [2.45, 2.75) is 13.3 Å². The lowest BCUT2D eigenvalue weighted by molar-refractivity contribution is -0.117. The Labute approximate surface area is 149 Å². The van der Waals surface area contributed by atoms with Gasteiger partial charge in [-0.2, -0.15) is 10.4 Å².